The molecule has 0 saturated heterocycles. The Morgan fingerprint density at radius 1 is 1.28 bits per heavy atom. The number of nitrogens with one attached hydrogen (secondary N) is 2. The lowest BCUT2D eigenvalue weighted by atomic mass is 10.2. The molecule has 1 amide bonds. The number of aromatic nitrogens is 1. The summed E-state index contributed by atoms with van der Waals surface area (Å²) in [7, 11) is -3.59. The van der Waals surface area contributed by atoms with Crippen molar-refractivity contribution in [2.24, 2.45) is 0 Å². The number of hydrogen-bond donors (Lipinski definition) is 2. The van der Waals surface area contributed by atoms with Gasteiger partial charge in [-0.15, -0.1) is 0 Å². The first-order valence-electron chi connectivity index (χ1n) is 7.95. The molecular formula is C17H18BrN3O3S. The van der Waals surface area contributed by atoms with Crippen molar-refractivity contribution in [2.75, 3.05) is 6.54 Å². The zero-order valence-corrected chi connectivity index (χ0v) is 15.8. The molecule has 8 heteroatoms. The number of hydrogen-bond acceptors (Lipinski definition) is 4. The van der Waals surface area contributed by atoms with Gasteiger partial charge >= 0.3 is 0 Å². The average Bonchev–Trinajstić information content (AvgIpc) is 3.39. The second kappa shape index (κ2) is 7.63. The van der Waals surface area contributed by atoms with Crippen molar-refractivity contribution in [1.82, 2.24) is 15.0 Å². The number of sulfonamides is 1. The van der Waals surface area contributed by atoms with Gasteiger partial charge in [-0.05, 0) is 65.0 Å². The van der Waals surface area contributed by atoms with Crippen molar-refractivity contribution in [3.8, 4) is 0 Å². The van der Waals surface area contributed by atoms with Gasteiger partial charge in [0.15, 0.2) is 0 Å². The van der Waals surface area contributed by atoms with E-state index in [-0.39, 0.29) is 16.8 Å². The SMILES string of the molecule is O=C(NCCc1cccnc1)c1cc(S(=O)(=O)NC2CC2)ccc1Br. The van der Waals surface area contributed by atoms with Crippen molar-refractivity contribution in [3.63, 3.8) is 0 Å². The fourth-order valence-electron chi connectivity index (χ4n) is 2.30. The Morgan fingerprint density at radius 2 is 2.08 bits per heavy atom. The fraction of sp³-hybridized carbons (Fsp3) is 0.294. The minimum absolute atomic E-state index is 0.0189. The van der Waals surface area contributed by atoms with Gasteiger partial charge in [-0.2, -0.15) is 0 Å². The van der Waals surface area contributed by atoms with Crippen LogP contribution in [-0.2, 0) is 16.4 Å². The van der Waals surface area contributed by atoms with Crippen molar-refractivity contribution in [2.45, 2.75) is 30.2 Å². The molecule has 0 atom stereocenters. The third-order valence-corrected chi connectivity index (χ3v) is 6.02. The zero-order chi connectivity index (χ0) is 17.9. The van der Waals surface area contributed by atoms with Crippen LogP contribution in [0.1, 0.15) is 28.8 Å². The summed E-state index contributed by atoms with van der Waals surface area (Å²) in [5, 5.41) is 2.81. The minimum Gasteiger partial charge on any atom is -0.352 e. The molecule has 132 valence electrons. The van der Waals surface area contributed by atoms with Gasteiger partial charge in [-0.1, -0.05) is 6.07 Å². The summed E-state index contributed by atoms with van der Waals surface area (Å²) in [4.78, 5) is 16.5. The topological polar surface area (TPSA) is 88.2 Å². The maximum Gasteiger partial charge on any atom is 0.252 e. The molecule has 3 rings (SSSR count). The van der Waals surface area contributed by atoms with Crippen LogP contribution in [-0.4, -0.2) is 31.9 Å². The van der Waals surface area contributed by atoms with E-state index in [0.717, 1.165) is 18.4 Å². The first-order valence-corrected chi connectivity index (χ1v) is 10.2. The van der Waals surface area contributed by atoms with Crippen LogP contribution in [0.2, 0.25) is 0 Å². The molecule has 1 heterocycles. The molecule has 0 unspecified atom stereocenters. The van der Waals surface area contributed by atoms with E-state index in [1.54, 1.807) is 18.5 Å². The van der Waals surface area contributed by atoms with E-state index in [2.05, 4.69) is 31.0 Å². The summed E-state index contributed by atoms with van der Waals surface area (Å²) in [5.41, 5.74) is 1.32. The van der Waals surface area contributed by atoms with Crippen molar-refractivity contribution in [1.29, 1.82) is 0 Å². The van der Waals surface area contributed by atoms with Crippen LogP contribution in [0.25, 0.3) is 0 Å². The van der Waals surface area contributed by atoms with Crippen molar-refractivity contribution in [3.05, 3.63) is 58.3 Å². The highest BCUT2D eigenvalue weighted by Crippen LogP contribution is 2.25. The van der Waals surface area contributed by atoms with Gasteiger partial charge < -0.3 is 5.32 Å². The van der Waals surface area contributed by atoms with Crippen molar-refractivity contribution >= 4 is 31.9 Å². The van der Waals surface area contributed by atoms with Crippen LogP contribution in [0.4, 0.5) is 0 Å². The van der Waals surface area contributed by atoms with Crippen LogP contribution < -0.4 is 10.0 Å². The quantitative estimate of drug-likeness (QED) is 0.714. The van der Waals surface area contributed by atoms with Crippen LogP contribution in [0.5, 0.6) is 0 Å². The number of benzene rings is 1. The number of amides is 1. The lowest BCUT2D eigenvalue weighted by Gasteiger charge is -2.10. The monoisotopic (exact) mass is 423 g/mol. The normalized spacial score (nSPS) is 14.3. The maximum atomic E-state index is 12.4. The summed E-state index contributed by atoms with van der Waals surface area (Å²) in [6.45, 7) is 0.439. The van der Waals surface area contributed by atoms with E-state index in [9.17, 15) is 13.2 Å². The number of carbonyl (C=O) groups is 1. The molecule has 1 fully saturated rings. The molecule has 2 aromatic rings. The van der Waals surface area contributed by atoms with Crippen LogP contribution in [0.3, 0.4) is 0 Å². The third-order valence-electron chi connectivity index (χ3n) is 3.81. The predicted molar refractivity (Wildman–Crippen MR) is 97.8 cm³/mol. The Bertz CT molecular complexity index is 868. The zero-order valence-electron chi connectivity index (χ0n) is 13.4. The molecule has 0 aliphatic heterocycles. The molecule has 1 saturated carbocycles. The Kier molecular flexibility index (Phi) is 5.51. The smallest absolute Gasteiger partial charge is 0.252 e. The van der Waals surface area contributed by atoms with E-state index in [1.807, 2.05) is 12.1 Å². The molecule has 2 N–H and O–H groups in total. The number of rotatable bonds is 7. The van der Waals surface area contributed by atoms with Crippen LogP contribution in [0, 0.1) is 0 Å². The molecule has 0 radical (unpaired) electrons. The largest absolute Gasteiger partial charge is 0.352 e. The average molecular weight is 424 g/mol. The highest BCUT2D eigenvalue weighted by molar-refractivity contribution is 9.10. The number of halogens is 1. The van der Waals surface area contributed by atoms with Gasteiger partial charge in [-0.3, -0.25) is 9.78 Å². The summed E-state index contributed by atoms with van der Waals surface area (Å²) >= 11 is 3.31. The molecule has 1 aromatic carbocycles. The Balaban J connectivity index is 1.68. The fourth-order valence-corrected chi connectivity index (χ4v) is 4.05. The third kappa shape index (κ3) is 4.87. The Hall–Kier alpha value is -1.77. The van der Waals surface area contributed by atoms with E-state index in [4.69, 9.17) is 0 Å². The first kappa shape index (κ1) is 18.0. The highest BCUT2D eigenvalue weighted by Gasteiger charge is 2.28. The van der Waals surface area contributed by atoms with Gasteiger partial charge in [0.2, 0.25) is 10.0 Å². The summed E-state index contributed by atoms with van der Waals surface area (Å²) in [6, 6.07) is 8.26. The van der Waals surface area contributed by atoms with Gasteiger partial charge in [0, 0.05) is 29.5 Å². The van der Waals surface area contributed by atoms with E-state index in [1.165, 1.54) is 12.1 Å². The molecule has 25 heavy (non-hydrogen) atoms. The maximum absolute atomic E-state index is 12.4. The molecule has 0 bridgehead atoms. The van der Waals surface area contributed by atoms with E-state index < -0.39 is 10.0 Å². The van der Waals surface area contributed by atoms with Crippen LogP contribution in [0.15, 0.2) is 52.1 Å². The second-order valence-electron chi connectivity index (χ2n) is 5.90. The summed E-state index contributed by atoms with van der Waals surface area (Å²) < 4.78 is 27.8. The van der Waals surface area contributed by atoms with E-state index >= 15 is 0 Å². The predicted octanol–water partition coefficient (Wildman–Crippen LogP) is 2.26. The standard InChI is InChI=1S/C17H18BrN3O3S/c18-16-6-5-14(25(23,24)21-13-3-4-13)10-15(16)17(22)20-9-7-12-2-1-8-19-11-12/h1-2,5-6,8,10-11,13,21H,3-4,7,9H2,(H,20,22). The van der Waals surface area contributed by atoms with Gasteiger partial charge in [-0.25, -0.2) is 13.1 Å². The lowest BCUT2D eigenvalue weighted by Crippen LogP contribution is -2.28. The van der Waals surface area contributed by atoms with Crippen molar-refractivity contribution < 1.29 is 13.2 Å². The summed E-state index contributed by atoms with van der Waals surface area (Å²) in [6.07, 6.45) is 5.81. The second-order valence-corrected chi connectivity index (χ2v) is 8.47. The minimum atomic E-state index is -3.59. The van der Waals surface area contributed by atoms with Crippen LogP contribution >= 0.6 is 15.9 Å². The van der Waals surface area contributed by atoms with Gasteiger partial charge in [0.1, 0.15) is 0 Å². The Labute approximate surface area is 155 Å². The number of carbonyl (C=O) groups excluding carboxylic acids is 1. The highest BCUT2D eigenvalue weighted by atomic mass is 79.9. The van der Waals surface area contributed by atoms with Gasteiger partial charge in [0.05, 0.1) is 10.5 Å². The molecule has 1 aliphatic carbocycles. The molecule has 0 spiro atoms. The summed E-state index contributed by atoms with van der Waals surface area (Å²) in [5.74, 6) is -0.320. The number of nitrogens with zero attached hydrogens (tertiary/aromatic N) is 1. The van der Waals surface area contributed by atoms with E-state index in [0.29, 0.717) is 23.0 Å². The molecule has 6 nitrogen and oxygen atoms in total. The lowest BCUT2D eigenvalue weighted by molar-refractivity contribution is 0.0953. The Morgan fingerprint density at radius 3 is 2.76 bits per heavy atom. The molecular weight excluding hydrogens is 406 g/mol. The molecule has 1 aromatic heterocycles. The van der Waals surface area contributed by atoms with Gasteiger partial charge in [0.25, 0.3) is 5.91 Å². The molecule has 1 aliphatic rings. The number of pyridine rings is 1. The first-order chi connectivity index (χ1) is 12.0.